The third-order valence-corrected chi connectivity index (χ3v) is 4.01. The van der Waals surface area contributed by atoms with Gasteiger partial charge >= 0.3 is 0 Å². The van der Waals surface area contributed by atoms with E-state index in [0.717, 1.165) is 30.4 Å². The molecule has 0 aromatic heterocycles. The minimum Gasteiger partial charge on any atom is -0.491 e. The first-order valence-corrected chi connectivity index (χ1v) is 7.73. The molecule has 21 heavy (non-hydrogen) atoms. The number of hydrogen-bond acceptors (Lipinski definition) is 3. The van der Waals surface area contributed by atoms with Crippen LogP contribution in [0.25, 0.3) is 0 Å². The number of ether oxygens (including phenoxy) is 2. The molecule has 0 aliphatic heterocycles. The van der Waals surface area contributed by atoms with Crippen molar-refractivity contribution in [3.05, 3.63) is 29.8 Å². The highest BCUT2D eigenvalue weighted by atomic mass is 16.5. The van der Waals surface area contributed by atoms with Crippen LogP contribution in [0.5, 0.6) is 5.75 Å². The van der Waals surface area contributed by atoms with Gasteiger partial charge < -0.3 is 15.2 Å². The minimum atomic E-state index is 0.0745. The maximum atomic E-state index is 7.34. The van der Waals surface area contributed by atoms with Gasteiger partial charge in [-0.05, 0) is 55.4 Å². The number of hydrogen-bond donors (Lipinski definition) is 2. The molecule has 1 aromatic rings. The second kappa shape index (κ2) is 7.46. The Morgan fingerprint density at radius 2 is 1.71 bits per heavy atom. The monoisotopic (exact) mass is 290 g/mol. The largest absolute Gasteiger partial charge is 0.491 e. The molecule has 1 aromatic carbocycles. The van der Waals surface area contributed by atoms with Gasteiger partial charge in [-0.3, -0.25) is 5.41 Å². The second-order valence-electron chi connectivity index (χ2n) is 6.20. The molecule has 2 unspecified atom stereocenters. The Kier molecular flexibility index (Phi) is 5.62. The first-order chi connectivity index (χ1) is 10.0. The molecule has 4 heteroatoms. The van der Waals surface area contributed by atoms with E-state index in [0.29, 0.717) is 24.9 Å². The fraction of sp³-hybridized carbons (Fsp3) is 0.588. The topological polar surface area (TPSA) is 68.3 Å². The number of nitrogens with one attached hydrogen (secondary N) is 1. The normalized spacial score (nSPS) is 25.5. The maximum Gasteiger partial charge on any atom is 0.122 e. The first kappa shape index (κ1) is 15.8. The van der Waals surface area contributed by atoms with Gasteiger partial charge in [0, 0.05) is 5.56 Å². The van der Waals surface area contributed by atoms with Gasteiger partial charge in [0.2, 0.25) is 0 Å². The van der Waals surface area contributed by atoms with Crippen LogP contribution in [0.4, 0.5) is 0 Å². The van der Waals surface area contributed by atoms with Gasteiger partial charge in [-0.15, -0.1) is 0 Å². The zero-order valence-electron chi connectivity index (χ0n) is 13.0. The summed E-state index contributed by atoms with van der Waals surface area (Å²) in [5, 5.41) is 7.34. The fourth-order valence-electron chi connectivity index (χ4n) is 3.11. The molecule has 1 fully saturated rings. The van der Waals surface area contributed by atoms with E-state index >= 15 is 0 Å². The van der Waals surface area contributed by atoms with E-state index in [1.807, 2.05) is 12.1 Å². The van der Waals surface area contributed by atoms with Crippen molar-refractivity contribution in [2.24, 2.45) is 17.6 Å². The quantitative estimate of drug-likeness (QED) is 0.480. The molecule has 1 aliphatic carbocycles. The molecular formula is C17H26N2O2. The van der Waals surface area contributed by atoms with Crippen LogP contribution in [0.3, 0.4) is 0 Å². The molecule has 0 saturated heterocycles. The smallest absolute Gasteiger partial charge is 0.122 e. The van der Waals surface area contributed by atoms with E-state index in [4.69, 9.17) is 20.6 Å². The third kappa shape index (κ3) is 5.05. The number of nitrogen functional groups attached to an aromatic ring is 1. The Morgan fingerprint density at radius 1 is 1.10 bits per heavy atom. The van der Waals surface area contributed by atoms with E-state index in [1.165, 1.54) is 6.42 Å². The summed E-state index contributed by atoms with van der Waals surface area (Å²) in [5.74, 6) is 2.39. The summed E-state index contributed by atoms with van der Waals surface area (Å²) in [4.78, 5) is 0. The van der Waals surface area contributed by atoms with Crippen molar-refractivity contribution in [3.63, 3.8) is 0 Å². The average Bonchev–Trinajstić information content (AvgIpc) is 2.43. The molecule has 2 rings (SSSR count). The Bertz CT molecular complexity index is 448. The fourth-order valence-corrected chi connectivity index (χ4v) is 3.11. The number of rotatable bonds is 6. The van der Waals surface area contributed by atoms with Crippen molar-refractivity contribution in [1.82, 2.24) is 0 Å². The summed E-state index contributed by atoms with van der Waals surface area (Å²) in [7, 11) is 0. The molecule has 0 heterocycles. The molecule has 0 radical (unpaired) electrons. The van der Waals surface area contributed by atoms with Crippen molar-refractivity contribution in [3.8, 4) is 5.75 Å². The minimum absolute atomic E-state index is 0.0745. The zero-order valence-corrected chi connectivity index (χ0v) is 13.0. The van der Waals surface area contributed by atoms with Gasteiger partial charge in [-0.25, -0.2) is 0 Å². The van der Waals surface area contributed by atoms with Crippen molar-refractivity contribution >= 4 is 5.84 Å². The zero-order chi connectivity index (χ0) is 15.2. The summed E-state index contributed by atoms with van der Waals surface area (Å²) in [5.41, 5.74) is 6.12. The van der Waals surface area contributed by atoms with Crippen molar-refractivity contribution in [2.75, 3.05) is 13.2 Å². The summed E-state index contributed by atoms with van der Waals surface area (Å²) < 4.78 is 11.6. The van der Waals surface area contributed by atoms with Crippen LogP contribution in [-0.4, -0.2) is 25.2 Å². The van der Waals surface area contributed by atoms with Crippen LogP contribution in [0.15, 0.2) is 24.3 Å². The molecule has 3 N–H and O–H groups in total. The van der Waals surface area contributed by atoms with Gasteiger partial charge in [0.05, 0.1) is 12.7 Å². The van der Waals surface area contributed by atoms with Crippen LogP contribution in [0.2, 0.25) is 0 Å². The van der Waals surface area contributed by atoms with Gasteiger partial charge in [0.1, 0.15) is 18.2 Å². The van der Waals surface area contributed by atoms with Gasteiger partial charge in [-0.2, -0.15) is 0 Å². The highest BCUT2D eigenvalue weighted by molar-refractivity contribution is 5.94. The van der Waals surface area contributed by atoms with E-state index in [9.17, 15) is 0 Å². The Hall–Kier alpha value is -1.55. The number of nitrogens with two attached hydrogens (primary N) is 1. The van der Waals surface area contributed by atoms with Crippen molar-refractivity contribution in [1.29, 1.82) is 5.41 Å². The summed E-state index contributed by atoms with van der Waals surface area (Å²) >= 11 is 0. The first-order valence-electron chi connectivity index (χ1n) is 7.73. The van der Waals surface area contributed by atoms with E-state index in [-0.39, 0.29) is 5.84 Å². The van der Waals surface area contributed by atoms with Crippen LogP contribution in [-0.2, 0) is 4.74 Å². The molecule has 116 valence electrons. The van der Waals surface area contributed by atoms with Crippen molar-refractivity contribution < 1.29 is 9.47 Å². The molecular weight excluding hydrogens is 264 g/mol. The molecule has 2 atom stereocenters. The molecule has 1 saturated carbocycles. The summed E-state index contributed by atoms with van der Waals surface area (Å²) in [6.45, 7) is 5.79. The maximum absolute atomic E-state index is 7.34. The Balaban J connectivity index is 1.68. The summed E-state index contributed by atoms with van der Waals surface area (Å²) in [6, 6.07) is 7.26. The predicted molar refractivity (Wildman–Crippen MR) is 84.9 cm³/mol. The Labute approximate surface area is 127 Å². The predicted octanol–water partition coefficient (Wildman–Crippen LogP) is 3.19. The van der Waals surface area contributed by atoms with Gasteiger partial charge in [0.25, 0.3) is 0 Å². The lowest BCUT2D eigenvalue weighted by molar-refractivity contribution is -0.0107. The third-order valence-electron chi connectivity index (χ3n) is 4.01. The lowest BCUT2D eigenvalue weighted by atomic mass is 9.82. The van der Waals surface area contributed by atoms with Gasteiger partial charge in [-0.1, -0.05) is 13.8 Å². The van der Waals surface area contributed by atoms with E-state index in [1.54, 1.807) is 12.1 Å². The van der Waals surface area contributed by atoms with Crippen LogP contribution in [0, 0.1) is 17.2 Å². The number of benzene rings is 1. The molecule has 0 amide bonds. The van der Waals surface area contributed by atoms with Crippen molar-refractivity contribution in [2.45, 2.75) is 39.2 Å². The number of amidine groups is 1. The van der Waals surface area contributed by atoms with Crippen LogP contribution >= 0.6 is 0 Å². The SMILES string of the molecule is CC1CC(C)CC(OCCOc2ccc(C(=N)N)cc2)C1. The highest BCUT2D eigenvalue weighted by Gasteiger charge is 2.24. The van der Waals surface area contributed by atoms with Crippen LogP contribution < -0.4 is 10.5 Å². The standard InChI is InChI=1S/C17H26N2O2/c1-12-9-13(2)11-16(10-12)21-8-7-20-15-5-3-14(4-6-15)17(18)19/h3-6,12-13,16H,7-11H2,1-2H3,(H3,18,19). The average molecular weight is 290 g/mol. The molecule has 1 aliphatic rings. The van der Waals surface area contributed by atoms with Gasteiger partial charge in [0.15, 0.2) is 0 Å². The Morgan fingerprint density at radius 3 is 2.29 bits per heavy atom. The highest BCUT2D eigenvalue weighted by Crippen LogP contribution is 2.30. The molecule has 0 bridgehead atoms. The van der Waals surface area contributed by atoms with E-state index < -0.39 is 0 Å². The molecule has 0 spiro atoms. The second-order valence-corrected chi connectivity index (χ2v) is 6.20. The molecule has 4 nitrogen and oxygen atoms in total. The lowest BCUT2D eigenvalue weighted by Crippen LogP contribution is -2.27. The summed E-state index contributed by atoms with van der Waals surface area (Å²) in [6.07, 6.45) is 4.03. The van der Waals surface area contributed by atoms with E-state index in [2.05, 4.69) is 13.8 Å². The van der Waals surface area contributed by atoms with Crippen LogP contribution in [0.1, 0.15) is 38.7 Å². The lowest BCUT2D eigenvalue weighted by Gasteiger charge is -2.31.